The number of rotatable bonds is 1. The zero-order valence-corrected chi connectivity index (χ0v) is 9.41. The summed E-state index contributed by atoms with van der Waals surface area (Å²) in [4.78, 5) is 7.83. The van der Waals surface area contributed by atoms with Crippen LogP contribution < -0.4 is 0 Å². The van der Waals surface area contributed by atoms with E-state index in [2.05, 4.69) is 42.9 Å². The predicted octanol–water partition coefficient (Wildman–Crippen LogP) is 3.37. The molecule has 1 N–H and O–H groups in total. The van der Waals surface area contributed by atoms with E-state index in [0.717, 1.165) is 17.1 Å². The molecule has 1 heterocycles. The lowest BCUT2D eigenvalue weighted by atomic mass is 9.96. The van der Waals surface area contributed by atoms with Gasteiger partial charge in [-0.15, -0.1) is 0 Å². The van der Waals surface area contributed by atoms with Gasteiger partial charge in [0.25, 0.3) is 0 Å². The summed E-state index contributed by atoms with van der Waals surface area (Å²) in [5, 5.41) is 0. The van der Waals surface area contributed by atoms with Crippen molar-refractivity contribution in [3.8, 4) is 11.3 Å². The summed E-state index contributed by atoms with van der Waals surface area (Å²) in [5.41, 5.74) is 2.25. The molecule has 0 aliphatic carbocycles. The van der Waals surface area contributed by atoms with Crippen molar-refractivity contribution in [1.82, 2.24) is 9.97 Å². The molecule has 0 saturated carbocycles. The molecule has 2 nitrogen and oxygen atoms in total. The minimum atomic E-state index is 0.0764. The highest BCUT2D eigenvalue weighted by Crippen LogP contribution is 2.23. The van der Waals surface area contributed by atoms with E-state index in [1.165, 1.54) is 0 Å². The Kier molecular flexibility index (Phi) is 2.35. The summed E-state index contributed by atoms with van der Waals surface area (Å²) in [6.45, 7) is 6.46. The largest absolute Gasteiger partial charge is 0.348 e. The van der Waals surface area contributed by atoms with E-state index in [4.69, 9.17) is 0 Å². The first-order valence-electron chi connectivity index (χ1n) is 5.19. The Labute approximate surface area is 90.4 Å². The van der Waals surface area contributed by atoms with Crippen LogP contribution in [-0.2, 0) is 5.41 Å². The number of hydrogen-bond acceptors (Lipinski definition) is 1. The molecule has 0 atom stereocenters. The molecule has 2 aromatic rings. The van der Waals surface area contributed by atoms with Crippen molar-refractivity contribution in [2.45, 2.75) is 26.2 Å². The number of aromatic amines is 1. The molecule has 1 aromatic carbocycles. The fraction of sp³-hybridized carbons (Fsp3) is 0.308. The Hall–Kier alpha value is -1.57. The van der Waals surface area contributed by atoms with Crippen molar-refractivity contribution >= 4 is 0 Å². The number of nitrogens with zero attached hydrogens (tertiary/aromatic N) is 1. The second-order valence-corrected chi connectivity index (χ2v) is 4.75. The zero-order valence-electron chi connectivity index (χ0n) is 9.41. The van der Waals surface area contributed by atoms with Crippen molar-refractivity contribution in [2.24, 2.45) is 0 Å². The Balaban J connectivity index is 2.37. The van der Waals surface area contributed by atoms with Gasteiger partial charge in [0.15, 0.2) is 0 Å². The Morgan fingerprint density at radius 1 is 1.07 bits per heavy atom. The molecular formula is C13H16N2. The smallest absolute Gasteiger partial charge is 0.112 e. The molecule has 0 fully saturated rings. The normalized spacial score (nSPS) is 11.7. The number of benzene rings is 1. The maximum absolute atomic E-state index is 4.60. The Morgan fingerprint density at radius 2 is 1.73 bits per heavy atom. The van der Waals surface area contributed by atoms with Gasteiger partial charge < -0.3 is 4.98 Å². The third-order valence-electron chi connectivity index (χ3n) is 2.36. The minimum absolute atomic E-state index is 0.0764. The number of nitrogens with one attached hydrogen (secondary N) is 1. The summed E-state index contributed by atoms with van der Waals surface area (Å²) in [6.07, 6.45) is 1.97. The molecule has 2 rings (SSSR count). The van der Waals surface area contributed by atoms with Crippen molar-refractivity contribution < 1.29 is 0 Å². The lowest BCUT2D eigenvalue weighted by Gasteiger charge is -2.13. The quantitative estimate of drug-likeness (QED) is 0.751. The van der Waals surface area contributed by atoms with E-state index >= 15 is 0 Å². The molecular weight excluding hydrogens is 184 g/mol. The van der Waals surface area contributed by atoms with Crippen LogP contribution in [-0.4, -0.2) is 9.97 Å². The third-order valence-corrected chi connectivity index (χ3v) is 2.36. The van der Waals surface area contributed by atoms with Crippen LogP contribution in [0.5, 0.6) is 0 Å². The summed E-state index contributed by atoms with van der Waals surface area (Å²) < 4.78 is 0. The summed E-state index contributed by atoms with van der Waals surface area (Å²) >= 11 is 0. The fourth-order valence-electron chi connectivity index (χ4n) is 1.46. The summed E-state index contributed by atoms with van der Waals surface area (Å²) in [7, 11) is 0. The van der Waals surface area contributed by atoms with Crippen LogP contribution in [0.3, 0.4) is 0 Å². The van der Waals surface area contributed by atoms with Gasteiger partial charge in [-0.1, -0.05) is 51.1 Å². The van der Waals surface area contributed by atoms with Crippen LogP contribution in [0.1, 0.15) is 26.6 Å². The number of imidazole rings is 1. The monoisotopic (exact) mass is 200 g/mol. The van der Waals surface area contributed by atoms with Crippen LogP contribution in [0.25, 0.3) is 11.3 Å². The highest BCUT2D eigenvalue weighted by molar-refractivity contribution is 5.58. The second-order valence-electron chi connectivity index (χ2n) is 4.75. The van der Waals surface area contributed by atoms with E-state index in [1.807, 2.05) is 24.4 Å². The maximum Gasteiger partial charge on any atom is 0.112 e. The molecule has 0 spiro atoms. The van der Waals surface area contributed by atoms with E-state index in [-0.39, 0.29) is 5.41 Å². The lowest BCUT2D eigenvalue weighted by molar-refractivity contribution is 0.553. The highest BCUT2D eigenvalue weighted by atomic mass is 14.9. The van der Waals surface area contributed by atoms with Crippen molar-refractivity contribution in [3.63, 3.8) is 0 Å². The molecule has 0 unspecified atom stereocenters. The van der Waals surface area contributed by atoms with Crippen LogP contribution in [0.15, 0.2) is 36.5 Å². The molecule has 0 saturated heterocycles. The van der Waals surface area contributed by atoms with Gasteiger partial charge in [-0.3, -0.25) is 0 Å². The van der Waals surface area contributed by atoms with Crippen LogP contribution in [0.2, 0.25) is 0 Å². The molecule has 2 heteroatoms. The third kappa shape index (κ3) is 2.09. The Morgan fingerprint density at radius 3 is 2.27 bits per heavy atom. The summed E-state index contributed by atoms with van der Waals surface area (Å²) in [6, 6.07) is 10.2. The van der Waals surface area contributed by atoms with Gasteiger partial charge in [0, 0.05) is 17.2 Å². The van der Waals surface area contributed by atoms with Crippen LogP contribution in [0, 0.1) is 0 Å². The molecule has 0 aliphatic rings. The van der Waals surface area contributed by atoms with E-state index in [1.54, 1.807) is 0 Å². The topological polar surface area (TPSA) is 28.7 Å². The lowest BCUT2D eigenvalue weighted by Crippen LogP contribution is -2.13. The minimum Gasteiger partial charge on any atom is -0.348 e. The zero-order chi connectivity index (χ0) is 10.9. The Bertz CT molecular complexity index is 435. The van der Waals surface area contributed by atoms with Crippen molar-refractivity contribution in [3.05, 3.63) is 42.4 Å². The molecule has 0 bridgehead atoms. The first-order chi connectivity index (χ1) is 7.07. The highest BCUT2D eigenvalue weighted by Gasteiger charge is 2.17. The second kappa shape index (κ2) is 3.54. The number of hydrogen-bond donors (Lipinski definition) is 1. The van der Waals surface area contributed by atoms with Gasteiger partial charge in [0.05, 0.1) is 5.69 Å². The van der Waals surface area contributed by atoms with Crippen LogP contribution in [0.4, 0.5) is 0 Å². The molecule has 0 radical (unpaired) electrons. The predicted molar refractivity (Wildman–Crippen MR) is 62.7 cm³/mol. The molecule has 0 amide bonds. The molecule has 78 valence electrons. The van der Waals surface area contributed by atoms with Gasteiger partial charge in [-0.25, -0.2) is 4.98 Å². The molecule has 15 heavy (non-hydrogen) atoms. The van der Waals surface area contributed by atoms with E-state index < -0.39 is 0 Å². The van der Waals surface area contributed by atoms with Gasteiger partial charge >= 0.3 is 0 Å². The average Bonchev–Trinajstić information content (AvgIpc) is 2.67. The fourth-order valence-corrected chi connectivity index (χ4v) is 1.46. The maximum atomic E-state index is 4.60. The van der Waals surface area contributed by atoms with Crippen molar-refractivity contribution in [2.75, 3.05) is 0 Å². The van der Waals surface area contributed by atoms with Crippen molar-refractivity contribution in [1.29, 1.82) is 0 Å². The first-order valence-corrected chi connectivity index (χ1v) is 5.19. The SMILES string of the molecule is CC(C)(C)c1nc(-c2ccccc2)c[nH]1. The standard InChI is InChI=1S/C13H16N2/c1-13(2,3)12-14-9-11(15-12)10-7-5-4-6-8-10/h4-9H,1-3H3,(H,14,15). The van der Waals surface area contributed by atoms with Crippen LogP contribution >= 0.6 is 0 Å². The van der Waals surface area contributed by atoms with Gasteiger partial charge in [0.2, 0.25) is 0 Å². The average molecular weight is 200 g/mol. The first kappa shape index (κ1) is 9.97. The van der Waals surface area contributed by atoms with Gasteiger partial charge in [-0.05, 0) is 0 Å². The summed E-state index contributed by atoms with van der Waals surface area (Å²) in [5.74, 6) is 1.03. The number of H-pyrrole nitrogens is 1. The van der Waals surface area contributed by atoms with Gasteiger partial charge in [-0.2, -0.15) is 0 Å². The van der Waals surface area contributed by atoms with Gasteiger partial charge in [0.1, 0.15) is 5.82 Å². The molecule has 1 aromatic heterocycles. The van der Waals surface area contributed by atoms with E-state index in [9.17, 15) is 0 Å². The number of aromatic nitrogens is 2. The van der Waals surface area contributed by atoms with E-state index in [0.29, 0.717) is 0 Å². The molecule has 0 aliphatic heterocycles.